The van der Waals surface area contributed by atoms with Crippen molar-refractivity contribution < 1.29 is 13.6 Å². The largest absolute Gasteiger partial charge is 0.409 e. The molecule has 0 saturated carbocycles. The van der Waals surface area contributed by atoms with E-state index in [1.165, 1.54) is 11.3 Å². The van der Waals surface area contributed by atoms with E-state index in [0.29, 0.717) is 0 Å². The van der Waals surface area contributed by atoms with Gasteiger partial charge >= 0.3 is 0 Å². The summed E-state index contributed by atoms with van der Waals surface area (Å²) >= 11 is 2.31. The number of anilines is 2. The standard InChI is InChI=1S/C30H46IN5O3Si2/c1-19-23(38-40(8,9)29(2,3)4)24(39-41(10,11)30(5,6)7)27(37-19)36-26-22(34-28(36)31)25(32-18-33-26)35-17-16-20-14-12-13-15-21(20)35/h12-15,18-19,23-24,27H,16-17H2,1-11H3/t19-,23-,24-,27-/m1/s1. The van der Waals surface area contributed by atoms with Gasteiger partial charge in [0.2, 0.25) is 0 Å². The Kier molecular flexibility index (Phi) is 8.07. The van der Waals surface area contributed by atoms with Crippen LogP contribution in [0.3, 0.4) is 0 Å². The molecule has 0 N–H and O–H groups in total. The predicted molar refractivity (Wildman–Crippen MR) is 179 cm³/mol. The summed E-state index contributed by atoms with van der Waals surface area (Å²) in [5.74, 6) is 0.832. The van der Waals surface area contributed by atoms with Gasteiger partial charge in [-0.25, -0.2) is 15.0 Å². The lowest BCUT2D eigenvalue weighted by molar-refractivity contribution is -0.0275. The summed E-state index contributed by atoms with van der Waals surface area (Å²) in [5, 5.41) is 0.101. The number of para-hydroxylation sites is 1. The van der Waals surface area contributed by atoms with Crippen molar-refractivity contribution in [2.75, 3.05) is 11.4 Å². The molecular formula is C30H46IN5O3Si2. The highest BCUT2D eigenvalue weighted by molar-refractivity contribution is 14.1. The van der Waals surface area contributed by atoms with Crippen LogP contribution in [0.25, 0.3) is 11.2 Å². The molecule has 0 amide bonds. The Morgan fingerprint density at radius 3 is 2.17 bits per heavy atom. The second-order valence-electron chi connectivity index (χ2n) is 14.6. The fourth-order valence-corrected chi connectivity index (χ4v) is 8.57. The fourth-order valence-electron chi connectivity index (χ4n) is 5.19. The van der Waals surface area contributed by atoms with E-state index in [9.17, 15) is 0 Å². The molecule has 4 heterocycles. The summed E-state index contributed by atoms with van der Waals surface area (Å²) in [6.07, 6.45) is 1.58. The highest BCUT2D eigenvalue weighted by Gasteiger charge is 2.53. The Labute approximate surface area is 261 Å². The van der Waals surface area contributed by atoms with Gasteiger partial charge < -0.3 is 18.5 Å². The summed E-state index contributed by atoms with van der Waals surface area (Å²) in [5.41, 5.74) is 4.06. The second-order valence-corrected chi connectivity index (χ2v) is 25.0. The molecule has 2 aliphatic rings. The van der Waals surface area contributed by atoms with Gasteiger partial charge in [0.25, 0.3) is 0 Å². The van der Waals surface area contributed by atoms with Crippen molar-refractivity contribution in [3.05, 3.63) is 40.0 Å². The molecule has 0 spiro atoms. The van der Waals surface area contributed by atoms with Crippen molar-refractivity contribution >= 4 is 61.9 Å². The number of benzene rings is 1. The number of nitrogens with zero attached hydrogens (tertiary/aromatic N) is 5. The predicted octanol–water partition coefficient (Wildman–Crippen LogP) is 7.82. The van der Waals surface area contributed by atoms with E-state index in [1.54, 1.807) is 6.33 Å². The molecule has 0 aliphatic carbocycles. The van der Waals surface area contributed by atoms with Crippen LogP contribution in [0.1, 0.15) is 60.3 Å². The first kappa shape index (κ1) is 31.1. The maximum atomic E-state index is 7.23. The first-order chi connectivity index (χ1) is 18.9. The Morgan fingerprint density at radius 1 is 0.927 bits per heavy atom. The average molecular weight is 708 g/mol. The number of halogens is 1. The smallest absolute Gasteiger partial charge is 0.192 e. The molecule has 224 valence electrons. The Morgan fingerprint density at radius 2 is 1.54 bits per heavy atom. The highest BCUT2D eigenvalue weighted by atomic mass is 127. The molecule has 3 aromatic rings. The number of imidazole rings is 1. The van der Waals surface area contributed by atoms with Crippen LogP contribution in [0.15, 0.2) is 30.6 Å². The van der Waals surface area contributed by atoms with Crippen LogP contribution in [0.2, 0.25) is 36.3 Å². The lowest BCUT2D eigenvalue weighted by Gasteiger charge is -2.44. The number of hydrogen-bond acceptors (Lipinski definition) is 7. The SMILES string of the molecule is C[C@H]1O[C@@H](n2c(I)nc3c(N4CCc5ccccc54)ncnc32)[C@H](O[Si](C)(C)C(C)(C)C)[C@@H]1O[Si](C)(C)C(C)(C)C. The minimum absolute atomic E-state index is 0.0353. The van der Waals surface area contributed by atoms with Crippen LogP contribution < -0.4 is 4.90 Å². The lowest BCUT2D eigenvalue weighted by Crippen LogP contribution is -2.53. The van der Waals surface area contributed by atoms with Crippen LogP contribution >= 0.6 is 22.6 Å². The topological polar surface area (TPSA) is 74.5 Å². The number of ether oxygens (including phenoxy) is 1. The van der Waals surface area contributed by atoms with Gasteiger partial charge in [0.15, 0.2) is 43.7 Å². The van der Waals surface area contributed by atoms with Crippen LogP contribution in [0.4, 0.5) is 11.5 Å². The zero-order valence-corrected chi connectivity index (χ0v) is 30.6. The molecule has 1 fully saturated rings. The van der Waals surface area contributed by atoms with Crippen LogP contribution in [-0.4, -0.2) is 61.0 Å². The molecule has 0 unspecified atom stereocenters. The van der Waals surface area contributed by atoms with Crippen LogP contribution in [0, 0.1) is 3.83 Å². The first-order valence-corrected chi connectivity index (χ1v) is 21.6. The molecule has 11 heteroatoms. The molecular weight excluding hydrogens is 661 g/mol. The van der Waals surface area contributed by atoms with Crippen molar-refractivity contribution in [3.63, 3.8) is 0 Å². The third-order valence-corrected chi connectivity index (χ3v) is 19.4. The maximum Gasteiger partial charge on any atom is 0.192 e. The molecule has 1 aromatic carbocycles. The maximum absolute atomic E-state index is 7.23. The summed E-state index contributed by atoms with van der Waals surface area (Å²) in [7, 11) is -4.32. The van der Waals surface area contributed by atoms with Gasteiger partial charge in [-0.3, -0.25) is 4.57 Å². The van der Waals surface area contributed by atoms with E-state index in [0.717, 1.165) is 33.8 Å². The normalized spacial score (nSPS) is 24.0. The molecule has 1 saturated heterocycles. The van der Waals surface area contributed by atoms with Crippen molar-refractivity contribution in [2.24, 2.45) is 0 Å². The number of aromatic nitrogens is 4. The molecule has 0 radical (unpaired) electrons. The van der Waals surface area contributed by atoms with E-state index in [4.69, 9.17) is 28.5 Å². The summed E-state index contributed by atoms with van der Waals surface area (Å²) < 4.78 is 24.1. The van der Waals surface area contributed by atoms with Crippen molar-refractivity contribution in [1.82, 2.24) is 19.5 Å². The van der Waals surface area contributed by atoms with Gasteiger partial charge in [-0.1, -0.05) is 59.7 Å². The summed E-state index contributed by atoms with van der Waals surface area (Å²) in [6, 6.07) is 8.52. The Hall–Kier alpha value is -1.39. The van der Waals surface area contributed by atoms with E-state index in [-0.39, 0.29) is 28.4 Å². The lowest BCUT2D eigenvalue weighted by atomic mass is 10.1. The minimum Gasteiger partial charge on any atom is -0.409 e. The highest BCUT2D eigenvalue weighted by Crippen LogP contribution is 2.47. The molecule has 8 nitrogen and oxygen atoms in total. The number of rotatable bonds is 6. The summed E-state index contributed by atoms with van der Waals surface area (Å²) in [4.78, 5) is 16.8. The van der Waals surface area contributed by atoms with Gasteiger partial charge in [0.1, 0.15) is 18.5 Å². The minimum atomic E-state index is -2.20. The fraction of sp³-hybridized carbons (Fsp3) is 0.633. The van der Waals surface area contributed by atoms with Gasteiger partial charge in [0, 0.05) is 34.8 Å². The van der Waals surface area contributed by atoms with Gasteiger partial charge in [-0.2, -0.15) is 0 Å². The quantitative estimate of drug-likeness (QED) is 0.147. The number of fused-ring (bicyclic) bond motifs is 2. The Bertz CT molecular complexity index is 1430. The zero-order chi connectivity index (χ0) is 30.1. The molecule has 2 aromatic heterocycles. The first-order valence-electron chi connectivity index (χ1n) is 14.7. The van der Waals surface area contributed by atoms with Crippen LogP contribution in [0.5, 0.6) is 0 Å². The average Bonchev–Trinajstić information content (AvgIpc) is 3.51. The molecule has 5 rings (SSSR count). The molecule has 2 aliphatic heterocycles. The van der Waals surface area contributed by atoms with E-state index in [1.807, 2.05) is 0 Å². The monoisotopic (exact) mass is 707 g/mol. The van der Waals surface area contributed by atoms with Crippen molar-refractivity contribution in [2.45, 2.75) is 116 Å². The van der Waals surface area contributed by atoms with Crippen LogP contribution in [-0.2, 0) is 20.0 Å². The third kappa shape index (κ3) is 5.55. The van der Waals surface area contributed by atoms with Gasteiger partial charge in [-0.15, -0.1) is 0 Å². The van der Waals surface area contributed by atoms with Gasteiger partial charge in [-0.05, 0) is 61.2 Å². The van der Waals surface area contributed by atoms with Gasteiger partial charge in [0.05, 0.1) is 6.10 Å². The molecule has 0 bridgehead atoms. The Balaban J connectivity index is 1.60. The van der Waals surface area contributed by atoms with Crippen molar-refractivity contribution in [1.29, 1.82) is 0 Å². The number of hydrogen-bond donors (Lipinski definition) is 0. The zero-order valence-electron chi connectivity index (χ0n) is 26.4. The second kappa shape index (κ2) is 10.7. The van der Waals surface area contributed by atoms with E-state index >= 15 is 0 Å². The molecule has 41 heavy (non-hydrogen) atoms. The van der Waals surface area contributed by atoms with Crippen molar-refractivity contribution in [3.8, 4) is 0 Å². The molecule has 4 atom stereocenters. The van der Waals surface area contributed by atoms with E-state index < -0.39 is 22.9 Å². The third-order valence-electron chi connectivity index (χ3n) is 9.71. The van der Waals surface area contributed by atoms with E-state index in [2.05, 4.69) is 131 Å². The summed E-state index contributed by atoms with van der Waals surface area (Å²) in [6.45, 7) is 25.9.